The van der Waals surface area contributed by atoms with E-state index in [9.17, 15) is 4.79 Å². The zero-order valence-electron chi connectivity index (χ0n) is 10.5. The molecule has 1 unspecified atom stereocenters. The fraction of sp³-hybridized carbons (Fsp3) is 0.462. The van der Waals surface area contributed by atoms with Gasteiger partial charge in [-0.15, -0.1) is 0 Å². The Labute approximate surface area is 111 Å². The van der Waals surface area contributed by atoms with Gasteiger partial charge in [-0.05, 0) is 44.7 Å². The Balaban J connectivity index is 2.47. The minimum absolute atomic E-state index is 0.0233. The van der Waals surface area contributed by atoms with Crippen LogP contribution in [0.15, 0.2) is 28.7 Å². The summed E-state index contributed by atoms with van der Waals surface area (Å²) < 4.78 is 1.01. The molecule has 4 heteroatoms. The number of amides is 1. The van der Waals surface area contributed by atoms with Crippen molar-refractivity contribution in [3.8, 4) is 0 Å². The van der Waals surface area contributed by atoms with Crippen molar-refractivity contribution in [2.45, 2.75) is 26.3 Å². The van der Waals surface area contributed by atoms with Gasteiger partial charge < -0.3 is 5.32 Å². The Morgan fingerprint density at radius 1 is 1.41 bits per heavy atom. The van der Waals surface area contributed by atoms with Crippen molar-refractivity contribution in [3.05, 3.63) is 28.7 Å². The number of carbonyl (C=O) groups excluding carboxylic acids is 1. The minimum atomic E-state index is 0.0233. The fourth-order valence-electron chi connectivity index (χ4n) is 1.43. The molecule has 3 nitrogen and oxygen atoms in total. The monoisotopic (exact) mass is 298 g/mol. The highest BCUT2D eigenvalue weighted by Gasteiger charge is 2.11. The molecule has 0 heterocycles. The van der Waals surface area contributed by atoms with Crippen LogP contribution in [0.3, 0.4) is 0 Å². The van der Waals surface area contributed by atoms with Crippen molar-refractivity contribution in [2.24, 2.45) is 0 Å². The third kappa shape index (κ3) is 4.88. The number of halogens is 1. The summed E-state index contributed by atoms with van der Waals surface area (Å²) in [5.41, 5.74) is 0.829. The summed E-state index contributed by atoms with van der Waals surface area (Å²) in [7, 11) is 1.97. The summed E-state index contributed by atoms with van der Waals surface area (Å²) in [6.07, 6.45) is 1.04. The van der Waals surface area contributed by atoms with Crippen LogP contribution in [0.5, 0.6) is 0 Å². The Bertz CT molecular complexity index is 364. The van der Waals surface area contributed by atoms with Crippen molar-refractivity contribution >= 4 is 27.5 Å². The van der Waals surface area contributed by atoms with Crippen LogP contribution in [-0.4, -0.2) is 30.4 Å². The molecule has 1 amide bonds. The molecule has 0 spiro atoms. The van der Waals surface area contributed by atoms with Crippen LogP contribution in [0.2, 0.25) is 0 Å². The van der Waals surface area contributed by atoms with Crippen LogP contribution >= 0.6 is 15.9 Å². The highest BCUT2D eigenvalue weighted by Crippen LogP contribution is 2.14. The van der Waals surface area contributed by atoms with Crippen molar-refractivity contribution in [3.63, 3.8) is 0 Å². The molecule has 0 saturated heterocycles. The van der Waals surface area contributed by atoms with Gasteiger partial charge in [0.05, 0.1) is 6.54 Å². The van der Waals surface area contributed by atoms with Crippen LogP contribution in [-0.2, 0) is 4.79 Å². The van der Waals surface area contributed by atoms with Gasteiger partial charge in [0, 0.05) is 16.2 Å². The molecule has 1 rings (SSSR count). The normalized spacial score (nSPS) is 12.5. The molecular weight excluding hydrogens is 280 g/mol. The van der Waals surface area contributed by atoms with E-state index in [2.05, 4.69) is 35.1 Å². The molecule has 0 aliphatic carbocycles. The average Bonchev–Trinajstić information content (AvgIpc) is 2.30. The molecule has 0 aliphatic rings. The van der Waals surface area contributed by atoms with Gasteiger partial charge in [0.25, 0.3) is 0 Å². The van der Waals surface area contributed by atoms with Gasteiger partial charge in [0.2, 0.25) is 5.91 Å². The third-order valence-electron chi connectivity index (χ3n) is 2.86. The second-order valence-corrected chi connectivity index (χ2v) is 5.14. The third-order valence-corrected chi connectivity index (χ3v) is 3.39. The van der Waals surface area contributed by atoms with Crippen molar-refractivity contribution in [1.82, 2.24) is 4.90 Å². The standard InChI is InChI=1S/C13H19BrN2O/c1-4-10(2)16(3)9-13(17)15-12-7-5-11(14)6-8-12/h5-8,10H,4,9H2,1-3H3,(H,15,17). The Morgan fingerprint density at radius 2 is 2.00 bits per heavy atom. The van der Waals surface area contributed by atoms with Crippen LogP contribution in [0.1, 0.15) is 20.3 Å². The number of benzene rings is 1. The average molecular weight is 299 g/mol. The number of likely N-dealkylation sites (N-methyl/N-ethyl adjacent to an activating group) is 1. The van der Waals surface area contributed by atoms with Crippen LogP contribution in [0.25, 0.3) is 0 Å². The van der Waals surface area contributed by atoms with Crippen molar-refractivity contribution < 1.29 is 4.79 Å². The second kappa shape index (κ2) is 6.77. The van der Waals surface area contributed by atoms with E-state index in [1.165, 1.54) is 0 Å². The molecule has 0 fully saturated rings. The SMILES string of the molecule is CCC(C)N(C)CC(=O)Nc1ccc(Br)cc1. The Hall–Kier alpha value is -0.870. The first-order chi connectivity index (χ1) is 8.02. The molecular formula is C13H19BrN2O. The molecule has 1 N–H and O–H groups in total. The first kappa shape index (κ1) is 14.2. The predicted molar refractivity (Wildman–Crippen MR) is 75.2 cm³/mol. The summed E-state index contributed by atoms with van der Waals surface area (Å²) in [5, 5.41) is 2.88. The number of rotatable bonds is 5. The zero-order valence-corrected chi connectivity index (χ0v) is 12.1. The molecule has 17 heavy (non-hydrogen) atoms. The number of carbonyl (C=O) groups is 1. The lowest BCUT2D eigenvalue weighted by Gasteiger charge is -2.22. The predicted octanol–water partition coefficient (Wildman–Crippen LogP) is 3.12. The van der Waals surface area contributed by atoms with Crippen molar-refractivity contribution in [2.75, 3.05) is 18.9 Å². The van der Waals surface area contributed by atoms with Gasteiger partial charge in [0.1, 0.15) is 0 Å². The number of hydrogen-bond donors (Lipinski definition) is 1. The smallest absolute Gasteiger partial charge is 0.238 e. The first-order valence-electron chi connectivity index (χ1n) is 5.78. The van der Waals surface area contributed by atoms with Gasteiger partial charge in [-0.25, -0.2) is 0 Å². The second-order valence-electron chi connectivity index (χ2n) is 4.23. The summed E-state index contributed by atoms with van der Waals surface area (Å²) in [6.45, 7) is 4.66. The fourth-order valence-corrected chi connectivity index (χ4v) is 1.69. The van der Waals surface area contributed by atoms with Gasteiger partial charge in [-0.2, -0.15) is 0 Å². The molecule has 1 aromatic rings. The van der Waals surface area contributed by atoms with E-state index >= 15 is 0 Å². The van der Waals surface area contributed by atoms with Crippen LogP contribution < -0.4 is 5.32 Å². The van der Waals surface area contributed by atoms with Gasteiger partial charge in [-0.1, -0.05) is 22.9 Å². The van der Waals surface area contributed by atoms with Crippen LogP contribution in [0, 0.1) is 0 Å². The summed E-state index contributed by atoms with van der Waals surface area (Å²) in [5.74, 6) is 0.0233. The lowest BCUT2D eigenvalue weighted by molar-refractivity contribution is -0.117. The molecule has 0 saturated carbocycles. The molecule has 1 atom stereocenters. The van der Waals surface area contributed by atoms with E-state index in [4.69, 9.17) is 0 Å². The van der Waals surface area contributed by atoms with Crippen LogP contribution in [0.4, 0.5) is 5.69 Å². The van der Waals surface area contributed by atoms with Gasteiger partial charge in [0.15, 0.2) is 0 Å². The number of anilines is 1. The van der Waals surface area contributed by atoms with E-state index in [0.29, 0.717) is 12.6 Å². The molecule has 94 valence electrons. The molecule has 1 aromatic carbocycles. The number of nitrogens with zero attached hydrogens (tertiary/aromatic N) is 1. The van der Waals surface area contributed by atoms with E-state index in [-0.39, 0.29) is 5.91 Å². The first-order valence-corrected chi connectivity index (χ1v) is 6.58. The maximum atomic E-state index is 11.8. The maximum absolute atomic E-state index is 11.8. The lowest BCUT2D eigenvalue weighted by atomic mass is 10.2. The number of hydrogen-bond acceptors (Lipinski definition) is 2. The highest BCUT2D eigenvalue weighted by molar-refractivity contribution is 9.10. The van der Waals surface area contributed by atoms with E-state index in [0.717, 1.165) is 16.6 Å². The van der Waals surface area contributed by atoms with E-state index in [1.54, 1.807) is 0 Å². The van der Waals surface area contributed by atoms with E-state index in [1.807, 2.05) is 36.2 Å². The summed E-state index contributed by atoms with van der Waals surface area (Å²) in [4.78, 5) is 13.8. The molecule has 0 radical (unpaired) electrons. The van der Waals surface area contributed by atoms with Gasteiger partial charge in [-0.3, -0.25) is 9.69 Å². The Kier molecular flexibility index (Phi) is 5.65. The molecule has 0 aliphatic heterocycles. The van der Waals surface area contributed by atoms with E-state index < -0.39 is 0 Å². The lowest BCUT2D eigenvalue weighted by Crippen LogP contribution is -2.36. The zero-order chi connectivity index (χ0) is 12.8. The molecule has 0 aromatic heterocycles. The maximum Gasteiger partial charge on any atom is 0.238 e. The highest BCUT2D eigenvalue weighted by atomic mass is 79.9. The summed E-state index contributed by atoms with van der Waals surface area (Å²) in [6, 6.07) is 8.00. The quantitative estimate of drug-likeness (QED) is 0.906. The minimum Gasteiger partial charge on any atom is -0.325 e. The molecule has 0 bridgehead atoms. The number of nitrogens with one attached hydrogen (secondary N) is 1. The largest absolute Gasteiger partial charge is 0.325 e. The van der Waals surface area contributed by atoms with Crippen molar-refractivity contribution in [1.29, 1.82) is 0 Å². The van der Waals surface area contributed by atoms with Gasteiger partial charge >= 0.3 is 0 Å². The summed E-state index contributed by atoms with van der Waals surface area (Å²) >= 11 is 3.36. The topological polar surface area (TPSA) is 32.3 Å². The Morgan fingerprint density at radius 3 is 2.53 bits per heavy atom.